The monoisotopic (exact) mass is 435 g/mol. The first-order chi connectivity index (χ1) is 15.2. The van der Waals surface area contributed by atoms with Crippen molar-refractivity contribution >= 4 is 33.3 Å². The van der Waals surface area contributed by atoms with Crippen LogP contribution in [0.25, 0.3) is 21.3 Å². The average molecular weight is 436 g/mol. The molecule has 1 aromatic carbocycles. The molecular weight excluding hydrogens is 406 g/mol. The quantitative estimate of drug-likeness (QED) is 0.654. The van der Waals surface area contributed by atoms with Gasteiger partial charge in [-0.15, -0.1) is 11.3 Å². The highest BCUT2D eigenvalue weighted by molar-refractivity contribution is 7.17. The van der Waals surface area contributed by atoms with Crippen LogP contribution in [0, 0.1) is 5.92 Å². The number of anilines is 1. The lowest BCUT2D eigenvalue weighted by atomic mass is 9.97. The molecule has 2 N–H and O–H groups in total. The van der Waals surface area contributed by atoms with Crippen molar-refractivity contribution in [3.8, 4) is 11.1 Å². The fourth-order valence-corrected chi connectivity index (χ4v) is 5.78. The smallest absolute Gasteiger partial charge is 0.222 e. The van der Waals surface area contributed by atoms with Gasteiger partial charge in [-0.2, -0.15) is 0 Å². The zero-order valence-electron chi connectivity index (χ0n) is 17.8. The predicted octanol–water partition coefficient (Wildman–Crippen LogP) is 4.05. The van der Waals surface area contributed by atoms with E-state index in [9.17, 15) is 4.79 Å². The molecule has 2 aliphatic heterocycles. The van der Waals surface area contributed by atoms with Gasteiger partial charge in [-0.3, -0.25) is 9.69 Å². The van der Waals surface area contributed by atoms with Crippen LogP contribution in [0.3, 0.4) is 0 Å². The van der Waals surface area contributed by atoms with Crippen LogP contribution in [-0.4, -0.2) is 47.0 Å². The maximum Gasteiger partial charge on any atom is 0.222 e. The minimum absolute atomic E-state index is 0.122. The third kappa shape index (κ3) is 4.29. The molecule has 6 nitrogen and oxygen atoms in total. The van der Waals surface area contributed by atoms with Crippen molar-refractivity contribution in [3.63, 3.8) is 0 Å². The van der Waals surface area contributed by atoms with Crippen molar-refractivity contribution in [3.05, 3.63) is 41.5 Å². The molecule has 0 spiro atoms. The van der Waals surface area contributed by atoms with Gasteiger partial charge >= 0.3 is 0 Å². The van der Waals surface area contributed by atoms with E-state index in [1.165, 1.54) is 30.4 Å². The summed E-state index contributed by atoms with van der Waals surface area (Å²) in [6, 6.07) is 10.4. The van der Waals surface area contributed by atoms with Gasteiger partial charge in [0.25, 0.3) is 0 Å². The first kappa shape index (κ1) is 20.4. The predicted molar refractivity (Wildman–Crippen MR) is 126 cm³/mol. The molecule has 0 bridgehead atoms. The number of carbonyl (C=O) groups is 1. The van der Waals surface area contributed by atoms with Crippen LogP contribution in [0.15, 0.2) is 35.7 Å². The van der Waals surface area contributed by atoms with Crippen LogP contribution in [0.2, 0.25) is 0 Å². The molecule has 0 unspecified atom stereocenters. The van der Waals surface area contributed by atoms with Crippen LogP contribution >= 0.6 is 11.3 Å². The third-order valence-corrected chi connectivity index (χ3v) is 7.35. The molecule has 7 heteroatoms. The lowest BCUT2D eigenvalue weighted by Crippen LogP contribution is -2.41. The van der Waals surface area contributed by atoms with Crippen LogP contribution in [0.1, 0.15) is 37.9 Å². The Morgan fingerprint density at radius 1 is 1.06 bits per heavy atom. The summed E-state index contributed by atoms with van der Waals surface area (Å²) in [6.07, 6.45) is 5.62. The Morgan fingerprint density at radius 2 is 1.87 bits per heavy atom. The number of amides is 1. The first-order valence-electron chi connectivity index (χ1n) is 11.3. The molecule has 0 saturated carbocycles. The number of benzene rings is 1. The van der Waals surface area contributed by atoms with Crippen LogP contribution in [0.5, 0.6) is 0 Å². The van der Waals surface area contributed by atoms with Gasteiger partial charge in [0.2, 0.25) is 5.91 Å². The molecule has 3 aromatic rings. The fraction of sp³-hybridized carbons (Fsp3) is 0.458. The van der Waals surface area contributed by atoms with E-state index in [1.807, 2.05) is 6.07 Å². The minimum Gasteiger partial charge on any atom is -0.369 e. The molecule has 1 atom stereocenters. The van der Waals surface area contributed by atoms with Gasteiger partial charge in [0, 0.05) is 24.0 Å². The summed E-state index contributed by atoms with van der Waals surface area (Å²) in [6.45, 7) is 4.54. The fourth-order valence-electron chi connectivity index (χ4n) is 4.82. The van der Waals surface area contributed by atoms with Crippen molar-refractivity contribution in [2.75, 3.05) is 31.1 Å². The van der Waals surface area contributed by atoms with E-state index in [0.29, 0.717) is 6.54 Å². The number of thiophene rings is 1. The van der Waals surface area contributed by atoms with E-state index >= 15 is 0 Å². The molecule has 31 heavy (non-hydrogen) atoms. The molecule has 5 rings (SSSR count). The normalized spacial score (nSPS) is 20.3. The Labute approximate surface area is 187 Å². The number of primary amides is 1. The molecule has 4 heterocycles. The zero-order chi connectivity index (χ0) is 21.2. The topological polar surface area (TPSA) is 75.4 Å². The van der Waals surface area contributed by atoms with Gasteiger partial charge in [-0.25, -0.2) is 9.97 Å². The molecule has 2 aromatic heterocycles. The Bertz CT molecular complexity index is 1060. The highest BCUT2D eigenvalue weighted by Gasteiger charge is 2.28. The van der Waals surface area contributed by atoms with E-state index in [-0.39, 0.29) is 11.8 Å². The summed E-state index contributed by atoms with van der Waals surface area (Å²) in [7, 11) is 0. The van der Waals surface area contributed by atoms with Crippen LogP contribution < -0.4 is 10.6 Å². The lowest BCUT2D eigenvalue weighted by Gasteiger charge is -2.33. The number of fused-ring (bicyclic) bond motifs is 1. The summed E-state index contributed by atoms with van der Waals surface area (Å²) >= 11 is 1.68. The Kier molecular flexibility index (Phi) is 5.87. The number of piperidine rings is 2. The second kappa shape index (κ2) is 8.93. The maximum atomic E-state index is 11.9. The van der Waals surface area contributed by atoms with Crippen molar-refractivity contribution in [1.82, 2.24) is 14.9 Å². The summed E-state index contributed by atoms with van der Waals surface area (Å²) in [5, 5.41) is 3.29. The van der Waals surface area contributed by atoms with Crippen molar-refractivity contribution in [2.45, 2.75) is 38.6 Å². The van der Waals surface area contributed by atoms with Crippen LogP contribution in [-0.2, 0) is 11.3 Å². The minimum atomic E-state index is -0.211. The number of likely N-dealkylation sites (tertiary alicyclic amines) is 1. The number of aromatic nitrogens is 2. The molecule has 0 radical (unpaired) electrons. The first-order valence-corrected chi connectivity index (χ1v) is 12.2. The van der Waals surface area contributed by atoms with Gasteiger partial charge in [0.1, 0.15) is 16.5 Å². The van der Waals surface area contributed by atoms with Gasteiger partial charge in [0.15, 0.2) is 0 Å². The highest BCUT2D eigenvalue weighted by Crippen LogP contribution is 2.39. The molecule has 0 aliphatic carbocycles. The molecule has 1 amide bonds. The Balaban J connectivity index is 1.58. The van der Waals surface area contributed by atoms with Gasteiger partial charge in [-0.1, -0.05) is 36.8 Å². The molecule has 162 valence electrons. The van der Waals surface area contributed by atoms with Gasteiger partial charge in [-0.05, 0) is 44.3 Å². The molecule has 2 aliphatic rings. The Morgan fingerprint density at radius 3 is 2.65 bits per heavy atom. The van der Waals surface area contributed by atoms with Crippen LogP contribution in [0.4, 0.5) is 5.82 Å². The van der Waals surface area contributed by atoms with Crippen molar-refractivity contribution in [2.24, 2.45) is 11.7 Å². The van der Waals surface area contributed by atoms with Gasteiger partial charge in [0.05, 0.1) is 17.8 Å². The number of hydrogen-bond acceptors (Lipinski definition) is 6. The largest absolute Gasteiger partial charge is 0.369 e. The maximum absolute atomic E-state index is 11.9. The summed E-state index contributed by atoms with van der Waals surface area (Å²) in [5.41, 5.74) is 8.01. The average Bonchev–Trinajstić information content (AvgIpc) is 3.24. The summed E-state index contributed by atoms with van der Waals surface area (Å²) in [5.74, 6) is 1.51. The summed E-state index contributed by atoms with van der Waals surface area (Å²) in [4.78, 5) is 27.7. The number of carbonyl (C=O) groups excluding carboxylic acids is 1. The number of rotatable bonds is 5. The van der Waals surface area contributed by atoms with Gasteiger partial charge < -0.3 is 10.6 Å². The number of nitrogens with two attached hydrogens (primary N) is 1. The lowest BCUT2D eigenvalue weighted by molar-refractivity contribution is -0.122. The van der Waals surface area contributed by atoms with E-state index in [1.54, 1.807) is 11.3 Å². The van der Waals surface area contributed by atoms with E-state index < -0.39 is 0 Å². The standard InChI is InChI=1S/C24H29N5OS/c25-22(30)18-10-7-13-29(14-18)23-21-19(17-8-3-1-4-9-17)16-31-24(21)27-20(26-23)15-28-11-5-2-6-12-28/h1,3-4,8-9,16,18H,2,5-7,10-15H2,(H2,25,30)/t18-/m0/s1. The SMILES string of the molecule is NC(=O)[C@H]1CCCN(c2nc(CN3CCCCC3)nc3scc(-c4ccccc4)c23)C1. The molecule has 2 fully saturated rings. The molecule has 2 saturated heterocycles. The number of hydrogen-bond donors (Lipinski definition) is 1. The van der Waals surface area contributed by atoms with E-state index in [4.69, 9.17) is 15.7 Å². The highest BCUT2D eigenvalue weighted by atomic mass is 32.1. The second-order valence-corrected chi connectivity index (χ2v) is 9.54. The Hall–Kier alpha value is -2.51. The van der Waals surface area contributed by atoms with E-state index in [2.05, 4.69) is 39.4 Å². The van der Waals surface area contributed by atoms with E-state index in [0.717, 1.165) is 60.9 Å². The molecular formula is C24H29N5OS. The summed E-state index contributed by atoms with van der Waals surface area (Å²) < 4.78 is 0. The van der Waals surface area contributed by atoms with Crippen molar-refractivity contribution < 1.29 is 4.79 Å². The second-order valence-electron chi connectivity index (χ2n) is 8.68. The zero-order valence-corrected chi connectivity index (χ0v) is 18.6. The number of nitrogens with zero attached hydrogens (tertiary/aromatic N) is 4. The third-order valence-electron chi connectivity index (χ3n) is 6.48. The van der Waals surface area contributed by atoms with Crippen molar-refractivity contribution in [1.29, 1.82) is 0 Å².